The number of rotatable bonds is 1. The van der Waals surface area contributed by atoms with Gasteiger partial charge in [0.05, 0.1) is 5.69 Å². The second kappa shape index (κ2) is 4.03. The van der Waals surface area contributed by atoms with Crippen LogP contribution in [0.5, 0.6) is 0 Å². The second-order valence-corrected chi connectivity index (χ2v) is 4.58. The highest BCUT2D eigenvalue weighted by Crippen LogP contribution is 2.29. The van der Waals surface area contributed by atoms with Gasteiger partial charge >= 0.3 is 0 Å². The molecule has 0 aliphatic carbocycles. The maximum atomic E-state index is 6.10. The van der Waals surface area contributed by atoms with Crippen LogP contribution in [0.15, 0.2) is 40.8 Å². The van der Waals surface area contributed by atoms with Crippen molar-refractivity contribution in [2.24, 2.45) is 0 Å². The number of hydrogen-bond donors (Lipinski definition) is 1. The third-order valence-electron chi connectivity index (χ3n) is 2.87. The van der Waals surface area contributed by atoms with Crippen molar-refractivity contribution in [3.05, 3.63) is 47.0 Å². The number of nitrogen functional groups attached to an aromatic ring is 1. The Balaban J connectivity index is 2.19. The molecule has 3 rings (SSSR count). The van der Waals surface area contributed by atoms with Crippen LogP contribution in [0.4, 0.5) is 5.69 Å². The summed E-state index contributed by atoms with van der Waals surface area (Å²) in [5.41, 5.74) is 9.70. The fourth-order valence-corrected chi connectivity index (χ4v) is 2.00. The Morgan fingerprint density at radius 3 is 2.78 bits per heavy atom. The van der Waals surface area contributed by atoms with Crippen molar-refractivity contribution in [1.29, 1.82) is 0 Å². The van der Waals surface area contributed by atoms with Crippen molar-refractivity contribution in [2.45, 2.75) is 6.92 Å². The molecule has 0 aliphatic heterocycles. The fourth-order valence-electron chi connectivity index (χ4n) is 1.82. The Morgan fingerprint density at radius 2 is 2.06 bits per heavy atom. The van der Waals surface area contributed by atoms with Crippen molar-refractivity contribution < 1.29 is 4.42 Å². The minimum atomic E-state index is 0.532. The lowest BCUT2D eigenvalue weighted by Gasteiger charge is -1.99. The lowest BCUT2D eigenvalue weighted by Crippen LogP contribution is -1.85. The summed E-state index contributed by atoms with van der Waals surface area (Å²) in [6, 6.07) is 11.2. The Labute approximate surface area is 109 Å². The van der Waals surface area contributed by atoms with Gasteiger partial charge in [0.15, 0.2) is 5.58 Å². The molecule has 0 saturated heterocycles. The Hall–Kier alpha value is -2.00. The van der Waals surface area contributed by atoms with Gasteiger partial charge in [-0.3, -0.25) is 0 Å². The fraction of sp³-hybridized carbons (Fsp3) is 0.0714. The molecule has 0 aliphatic rings. The molecule has 0 unspecified atom stereocenters. The number of nitrogens with zero attached hydrogens (tertiary/aromatic N) is 1. The first-order chi connectivity index (χ1) is 8.65. The second-order valence-electron chi connectivity index (χ2n) is 4.18. The van der Waals surface area contributed by atoms with E-state index < -0.39 is 0 Å². The molecule has 2 N–H and O–H groups in total. The highest BCUT2D eigenvalue weighted by molar-refractivity contribution is 6.31. The van der Waals surface area contributed by atoms with Crippen molar-refractivity contribution >= 4 is 28.4 Å². The van der Waals surface area contributed by atoms with E-state index in [4.69, 9.17) is 21.8 Å². The molecular formula is C14H11ClN2O. The number of aromatic nitrogens is 1. The molecule has 3 aromatic rings. The van der Waals surface area contributed by atoms with Crippen LogP contribution in [0.25, 0.3) is 22.6 Å². The molecule has 0 saturated carbocycles. The van der Waals surface area contributed by atoms with Crippen molar-refractivity contribution in [3.63, 3.8) is 0 Å². The predicted molar refractivity (Wildman–Crippen MR) is 73.6 cm³/mol. The summed E-state index contributed by atoms with van der Waals surface area (Å²) in [5, 5.41) is 0.697. The van der Waals surface area contributed by atoms with E-state index in [1.807, 2.05) is 37.3 Å². The molecule has 4 heteroatoms. The molecule has 90 valence electrons. The van der Waals surface area contributed by atoms with Gasteiger partial charge < -0.3 is 10.2 Å². The Morgan fingerprint density at radius 1 is 1.22 bits per heavy atom. The number of anilines is 1. The van der Waals surface area contributed by atoms with E-state index in [2.05, 4.69) is 4.98 Å². The quantitative estimate of drug-likeness (QED) is 0.670. The van der Waals surface area contributed by atoms with Crippen molar-refractivity contribution in [2.75, 3.05) is 5.73 Å². The summed E-state index contributed by atoms with van der Waals surface area (Å²) in [4.78, 5) is 4.40. The zero-order chi connectivity index (χ0) is 12.7. The Kier molecular flexibility index (Phi) is 2.49. The highest BCUT2D eigenvalue weighted by Gasteiger charge is 2.10. The summed E-state index contributed by atoms with van der Waals surface area (Å²) in [6.07, 6.45) is 0. The summed E-state index contributed by atoms with van der Waals surface area (Å²) < 4.78 is 5.68. The molecule has 1 aromatic heterocycles. The van der Waals surface area contributed by atoms with Crippen LogP contribution in [0.2, 0.25) is 5.02 Å². The number of aryl methyl sites for hydroxylation is 1. The topological polar surface area (TPSA) is 52.0 Å². The van der Waals surface area contributed by atoms with E-state index in [0.717, 1.165) is 11.1 Å². The van der Waals surface area contributed by atoms with Gasteiger partial charge in [-0.2, -0.15) is 0 Å². The van der Waals surface area contributed by atoms with E-state index >= 15 is 0 Å². The number of oxazole rings is 1. The van der Waals surface area contributed by atoms with Gasteiger partial charge in [-0.1, -0.05) is 23.7 Å². The maximum absolute atomic E-state index is 6.10. The van der Waals surface area contributed by atoms with Crippen LogP contribution >= 0.6 is 11.6 Å². The monoisotopic (exact) mass is 258 g/mol. The SMILES string of the molecule is Cc1ccc(-c2nc3c(N)cccc3o2)cc1Cl. The van der Waals surface area contributed by atoms with Gasteiger partial charge in [-0.05, 0) is 36.8 Å². The summed E-state index contributed by atoms with van der Waals surface area (Å²) >= 11 is 6.10. The number of fused-ring (bicyclic) bond motifs is 1. The number of halogens is 1. The molecule has 0 amide bonds. The smallest absolute Gasteiger partial charge is 0.227 e. The van der Waals surface area contributed by atoms with Gasteiger partial charge in [-0.15, -0.1) is 0 Å². The number of benzene rings is 2. The van der Waals surface area contributed by atoms with Gasteiger partial charge in [0.25, 0.3) is 0 Å². The largest absolute Gasteiger partial charge is 0.436 e. The minimum absolute atomic E-state index is 0.532. The molecule has 2 aromatic carbocycles. The first-order valence-electron chi connectivity index (χ1n) is 5.57. The van der Waals surface area contributed by atoms with E-state index in [1.165, 1.54) is 0 Å². The molecule has 3 nitrogen and oxygen atoms in total. The third-order valence-corrected chi connectivity index (χ3v) is 3.28. The van der Waals surface area contributed by atoms with Gasteiger partial charge in [0.2, 0.25) is 5.89 Å². The third kappa shape index (κ3) is 1.73. The number of nitrogens with two attached hydrogens (primary N) is 1. The lowest BCUT2D eigenvalue weighted by molar-refractivity contribution is 0.620. The van der Waals surface area contributed by atoms with Gasteiger partial charge in [0, 0.05) is 10.6 Å². The molecule has 0 bridgehead atoms. The molecule has 0 atom stereocenters. The Bertz CT molecular complexity index is 734. The zero-order valence-electron chi connectivity index (χ0n) is 9.77. The molecule has 0 spiro atoms. The van der Waals surface area contributed by atoms with Gasteiger partial charge in [0.1, 0.15) is 5.52 Å². The van der Waals surface area contributed by atoms with E-state index in [-0.39, 0.29) is 0 Å². The summed E-state index contributed by atoms with van der Waals surface area (Å²) in [5.74, 6) is 0.532. The van der Waals surface area contributed by atoms with Crippen LogP contribution in [0.1, 0.15) is 5.56 Å². The summed E-state index contributed by atoms with van der Waals surface area (Å²) in [7, 11) is 0. The number of para-hydroxylation sites is 1. The van der Waals surface area contributed by atoms with Crippen LogP contribution in [0, 0.1) is 6.92 Å². The van der Waals surface area contributed by atoms with E-state index in [9.17, 15) is 0 Å². The maximum Gasteiger partial charge on any atom is 0.227 e. The van der Waals surface area contributed by atoms with Crippen molar-refractivity contribution in [1.82, 2.24) is 4.98 Å². The predicted octanol–water partition coefficient (Wildman–Crippen LogP) is 4.04. The van der Waals surface area contributed by atoms with E-state index in [0.29, 0.717) is 27.7 Å². The first kappa shape index (κ1) is 11.1. The zero-order valence-corrected chi connectivity index (χ0v) is 10.5. The molecular weight excluding hydrogens is 248 g/mol. The van der Waals surface area contributed by atoms with Crippen LogP contribution in [-0.4, -0.2) is 4.98 Å². The molecule has 18 heavy (non-hydrogen) atoms. The average Bonchev–Trinajstić information content (AvgIpc) is 2.78. The summed E-state index contributed by atoms with van der Waals surface area (Å²) in [6.45, 7) is 1.95. The van der Waals surface area contributed by atoms with Crippen LogP contribution in [-0.2, 0) is 0 Å². The van der Waals surface area contributed by atoms with Crippen LogP contribution in [0.3, 0.4) is 0 Å². The standard InChI is InChI=1S/C14H11ClN2O/c1-8-5-6-9(7-10(8)15)14-17-13-11(16)3-2-4-12(13)18-14/h2-7H,16H2,1H3. The molecule has 1 heterocycles. The van der Waals surface area contributed by atoms with E-state index in [1.54, 1.807) is 6.07 Å². The first-order valence-corrected chi connectivity index (χ1v) is 5.94. The molecule has 0 radical (unpaired) electrons. The minimum Gasteiger partial charge on any atom is -0.436 e. The van der Waals surface area contributed by atoms with Crippen LogP contribution < -0.4 is 5.73 Å². The molecule has 0 fully saturated rings. The normalized spacial score (nSPS) is 11.0. The highest BCUT2D eigenvalue weighted by atomic mass is 35.5. The van der Waals surface area contributed by atoms with Gasteiger partial charge in [-0.25, -0.2) is 4.98 Å². The number of hydrogen-bond acceptors (Lipinski definition) is 3. The lowest BCUT2D eigenvalue weighted by atomic mass is 10.1. The average molecular weight is 259 g/mol. The van der Waals surface area contributed by atoms with Crippen molar-refractivity contribution in [3.8, 4) is 11.5 Å².